The van der Waals surface area contributed by atoms with Gasteiger partial charge < -0.3 is 10.6 Å². The summed E-state index contributed by atoms with van der Waals surface area (Å²) >= 11 is 0. The molecule has 0 bridgehead atoms. The van der Waals surface area contributed by atoms with Crippen molar-refractivity contribution in [3.8, 4) is 0 Å². The van der Waals surface area contributed by atoms with Gasteiger partial charge in [-0.25, -0.2) is 4.98 Å². The summed E-state index contributed by atoms with van der Waals surface area (Å²) < 4.78 is 0. The van der Waals surface area contributed by atoms with Gasteiger partial charge in [0.1, 0.15) is 5.82 Å². The van der Waals surface area contributed by atoms with Crippen molar-refractivity contribution in [1.29, 1.82) is 0 Å². The molecule has 2 aliphatic rings. The molecular weight excluding hydrogens is 218 g/mol. The van der Waals surface area contributed by atoms with E-state index in [4.69, 9.17) is 5.73 Å². The van der Waals surface area contributed by atoms with Gasteiger partial charge in [0.15, 0.2) is 0 Å². The lowest BCUT2D eigenvalue weighted by atomic mass is 10.2. The van der Waals surface area contributed by atoms with Crippen LogP contribution in [0.5, 0.6) is 0 Å². The monoisotopic (exact) mass is 235 g/mol. The van der Waals surface area contributed by atoms with E-state index in [1.54, 1.807) is 4.90 Å². The van der Waals surface area contributed by atoms with Crippen molar-refractivity contribution < 1.29 is 4.79 Å². The number of nitrogens with two attached hydrogens (primary N) is 1. The van der Waals surface area contributed by atoms with Gasteiger partial charge in [0.25, 0.3) is 5.91 Å². The zero-order valence-electron chi connectivity index (χ0n) is 9.72. The highest BCUT2D eigenvalue weighted by molar-refractivity contribution is 5.90. The van der Waals surface area contributed by atoms with Gasteiger partial charge in [-0.2, -0.15) is 0 Å². The molecule has 1 amide bonds. The second kappa shape index (κ2) is 4.10. The number of carbonyl (C=O) groups is 1. The van der Waals surface area contributed by atoms with E-state index in [0.29, 0.717) is 18.3 Å². The number of aromatic nitrogens is 3. The Morgan fingerprint density at radius 1 is 1.47 bits per heavy atom. The molecular formula is C11H17N5O. The molecule has 0 radical (unpaired) electrons. The van der Waals surface area contributed by atoms with Crippen molar-refractivity contribution in [3.63, 3.8) is 0 Å². The van der Waals surface area contributed by atoms with Crippen LogP contribution in [-0.4, -0.2) is 45.1 Å². The van der Waals surface area contributed by atoms with E-state index in [1.807, 2.05) is 0 Å². The third-order valence-electron chi connectivity index (χ3n) is 3.57. The van der Waals surface area contributed by atoms with Crippen LogP contribution in [0.1, 0.15) is 48.0 Å². The highest BCUT2D eigenvalue weighted by Crippen LogP contribution is 2.37. The van der Waals surface area contributed by atoms with Crippen molar-refractivity contribution in [2.75, 3.05) is 13.1 Å². The number of hydrogen-bond donors (Lipinski definition) is 2. The minimum atomic E-state index is -0.0823. The fraction of sp³-hybridized carbons (Fsp3) is 0.727. The number of rotatable bonds is 3. The zero-order chi connectivity index (χ0) is 11.8. The minimum absolute atomic E-state index is 0.0823. The fourth-order valence-electron chi connectivity index (χ4n) is 2.39. The van der Waals surface area contributed by atoms with Crippen LogP contribution in [0.2, 0.25) is 0 Å². The lowest BCUT2D eigenvalue weighted by molar-refractivity contribution is 0.0729. The van der Waals surface area contributed by atoms with E-state index in [2.05, 4.69) is 15.2 Å². The maximum Gasteiger partial charge on any atom is 0.293 e. The van der Waals surface area contributed by atoms with Gasteiger partial charge in [-0.05, 0) is 25.7 Å². The highest BCUT2D eigenvalue weighted by atomic mass is 16.2. The Balaban J connectivity index is 1.75. The second-order valence-corrected chi connectivity index (χ2v) is 4.85. The molecule has 6 nitrogen and oxygen atoms in total. The molecule has 1 aromatic heterocycles. The van der Waals surface area contributed by atoms with Gasteiger partial charge in [0.2, 0.25) is 5.82 Å². The summed E-state index contributed by atoms with van der Waals surface area (Å²) in [6.45, 7) is 1.29. The van der Waals surface area contributed by atoms with Crippen LogP contribution in [-0.2, 0) is 0 Å². The molecule has 1 aliphatic carbocycles. The van der Waals surface area contributed by atoms with Crippen molar-refractivity contribution >= 4 is 5.91 Å². The quantitative estimate of drug-likeness (QED) is 0.785. The number of H-pyrrole nitrogens is 1. The molecule has 0 aromatic carbocycles. The molecule has 1 saturated carbocycles. The van der Waals surface area contributed by atoms with Crippen molar-refractivity contribution in [3.05, 3.63) is 11.6 Å². The zero-order valence-corrected chi connectivity index (χ0v) is 9.72. The Labute approximate surface area is 99.6 Å². The first-order valence-corrected chi connectivity index (χ1v) is 6.23. The first-order valence-electron chi connectivity index (χ1n) is 6.23. The summed E-state index contributed by atoms with van der Waals surface area (Å²) in [7, 11) is 0. The van der Waals surface area contributed by atoms with E-state index >= 15 is 0 Å². The van der Waals surface area contributed by atoms with E-state index in [9.17, 15) is 4.79 Å². The van der Waals surface area contributed by atoms with Crippen LogP contribution >= 0.6 is 0 Å². The average Bonchev–Trinajstić information content (AvgIpc) is 2.93. The predicted molar refractivity (Wildman–Crippen MR) is 61.5 cm³/mol. The molecule has 3 N–H and O–H groups in total. The highest BCUT2D eigenvalue weighted by Gasteiger charge is 2.32. The number of carbonyl (C=O) groups excluding carboxylic acids is 1. The van der Waals surface area contributed by atoms with Gasteiger partial charge in [0, 0.05) is 25.0 Å². The molecule has 1 saturated heterocycles. The van der Waals surface area contributed by atoms with Crippen LogP contribution in [0, 0.1) is 0 Å². The maximum absolute atomic E-state index is 12.2. The first-order chi connectivity index (χ1) is 8.29. The van der Waals surface area contributed by atoms with Gasteiger partial charge in [-0.3, -0.25) is 9.89 Å². The number of amides is 1. The van der Waals surface area contributed by atoms with Crippen molar-refractivity contribution in [2.45, 2.75) is 37.6 Å². The molecule has 3 rings (SSSR count). The molecule has 92 valence electrons. The normalized spacial score (nSPS) is 24.3. The summed E-state index contributed by atoms with van der Waals surface area (Å²) in [4.78, 5) is 18.3. The Morgan fingerprint density at radius 3 is 3.00 bits per heavy atom. The van der Waals surface area contributed by atoms with Gasteiger partial charge in [-0.15, -0.1) is 5.10 Å². The second-order valence-electron chi connectivity index (χ2n) is 4.85. The fourth-order valence-corrected chi connectivity index (χ4v) is 2.39. The van der Waals surface area contributed by atoms with Crippen LogP contribution in [0.25, 0.3) is 0 Å². The molecule has 2 fully saturated rings. The van der Waals surface area contributed by atoms with Gasteiger partial charge in [-0.1, -0.05) is 0 Å². The molecule has 2 heterocycles. The summed E-state index contributed by atoms with van der Waals surface area (Å²) in [5.41, 5.74) is 5.66. The summed E-state index contributed by atoms with van der Waals surface area (Å²) in [6.07, 6.45) is 4.31. The third-order valence-corrected chi connectivity index (χ3v) is 3.57. The Morgan fingerprint density at radius 2 is 2.29 bits per heavy atom. The maximum atomic E-state index is 12.2. The van der Waals surface area contributed by atoms with Crippen molar-refractivity contribution in [2.24, 2.45) is 5.73 Å². The molecule has 6 heteroatoms. The molecule has 0 spiro atoms. The molecule has 1 aromatic rings. The lowest BCUT2D eigenvalue weighted by Gasteiger charge is -2.21. The standard InChI is InChI=1S/C11H17N5O/c12-6-8-2-1-5-16(8)11(17)10-13-9(14-15-10)7-3-4-7/h7-8H,1-6,12H2,(H,13,14,15). The molecule has 1 aliphatic heterocycles. The molecule has 1 unspecified atom stereocenters. The topological polar surface area (TPSA) is 87.9 Å². The summed E-state index contributed by atoms with van der Waals surface area (Å²) in [5, 5.41) is 6.89. The molecule has 1 atom stereocenters. The SMILES string of the molecule is NCC1CCCN1C(=O)c1n[nH]c(C2CC2)n1. The van der Waals surface area contributed by atoms with E-state index < -0.39 is 0 Å². The number of hydrogen-bond acceptors (Lipinski definition) is 4. The third kappa shape index (κ3) is 1.93. The Hall–Kier alpha value is -1.43. The number of nitrogens with one attached hydrogen (secondary N) is 1. The Kier molecular flexibility index (Phi) is 2.58. The summed E-state index contributed by atoms with van der Waals surface area (Å²) in [6, 6.07) is 0.158. The predicted octanol–water partition coefficient (Wildman–Crippen LogP) is 0.245. The smallest absolute Gasteiger partial charge is 0.293 e. The average molecular weight is 235 g/mol. The van der Waals surface area contributed by atoms with Crippen LogP contribution in [0.4, 0.5) is 0 Å². The number of nitrogens with zero attached hydrogens (tertiary/aromatic N) is 3. The van der Waals surface area contributed by atoms with Gasteiger partial charge >= 0.3 is 0 Å². The largest absolute Gasteiger partial charge is 0.332 e. The van der Waals surface area contributed by atoms with Gasteiger partial charge in [0.05, 0.1) is 0 Å². The van der Waals surface area contributed by atoms with E-state index in [-0.39, 0.29) is 11.9 Å². The van der Waals surface area contributed by atoms with E-state index in [1.165, 1.54) is 0 Å². The van der Waals surface area contributed by atoms with E-state index in [0.717, 1.165) is 38.1 Å². The molecule has 17 heavy (non-hydrogen) atoms. The van der Waals surface area contributed by atoms with Crippen molar-refractivity contribution in [1.82, 2.24) is 20.1 Å². The number of aromatic amines is 1. The summed E-state index contributed by atoms with van der Waals surface area (Å²) in [5.74, 6) is 1.57. The number of likely N-dealkylation sites (tertiary alicyclic amines) is 1. The first kappa shape index (κ1) is 10.7. The minimum Gasteiger partial charge on any atom is -0.332 e. The van der Waals surface area contributed by atoms with Crippen LogP contribution < -0.4 is 5.73 Å². The Bertz CT molecular complexity index is 425. The van der Waals surface area contributed by atoms with Crippen LogP contribution in [0.3, 0.4) is 0 Å². The lowest BCUT2D eigenvalue weighted by Crippen LogP contribution is -2.40. The van der Waals surface area contributed by atoms with Crippen LogP contribution in [0.15, 0.2) is 0 Å².